The molecule has 16 heteroatoms. The van der Waals surface area contributed by atoms with Crippen LogP contribution in [-0.4, -0.2) is 47.9 Å². The summed E-state index contributed by atoms with van der Waals surface area (Å²) in [4.78, 5) is 16.6. The van der Waals surface area contributed by atoms with E-state index in [1.165, 1.54) is 43.8 Å². The number of aliphatic carboxylic acids is 1. The van der Waals surface area contributed by atoms with Crippen LogP contribution in [0.15, 0.2) is 89.0 Å². The molecule has 0 aliphatic carbocycles. The summed E-state index contributed by atoms with van der Waals surface area (Å²) < 4.78 is 99.5. The van der Waals surface area contributed by atoms with Crippen molar-refractivity contribution in [3.05, 3.63) is 91.2 Å². The Balaban J connectivity index is 0.000000517. The zero-order valence-electron chi connectivity index (χ0n) is 21.1. The second-order valence-electron chi connectivity index (χ2n) is 8.21. The summed E-state index contributed by atoms with van der Waals surface area (Å²) in [6, 6.07) is 10.9. The third-order valence-corrected chi connectivity index (χ3v) is 7.24. The molecule has 0 amide bonds. The van der Waals surface area contributed by atoms with Gasteiger partial charge in [-0.05, 0) is 35.7 Å². The maximum absolute atomic E-state index is 15.0. The quantitative estimate of drug-likeness (QED) is 0.240. The number of hydrogen-bond donors (Lipinski definition) is 1. The summed E-state index contributed by atoms with van der Waals surface area (Å²) >= 11 is 0. The van der Waals surface area contributed by atoms with Gasteiger partial charge in [0.2, 0.25) is 0 Å². The van der Waals surface area contributed by atoms with Gasteiger partial charge in [-0.2, -0.15) is 13.2 Å². The summed E-state index contributed by atoms with van der Waals surface area (Å²) in [6.07, 6.45) is 1.54. The number of benzene rings is 2. The number of rotatable bonds is 6. The number of halogens is 5. The molecule has 42 heavy (non-hydrogen) atoms. The van der Waals surface area contributed by atoms with Gasteiger partial charge in [0.25, 0.3) is 10.0 Å². The van der Waals surface area contributed by atoms with E-state index in [1.54, 1.807) is 24.5 Å². The molecule has 3 aromatic heterocycles. The molecule has 0 aliphatic heterocycles. The lowest BCUT2D eigenvalue weighted by Crippen LogP contribution is -2.27. The number of nitrogens with zero attached hydrogens (tertiary/aromatic N) is 4. The van der Waals surface area contributed by atoms with Gasteiger partial charge in [0, 0.05) is 47.2 Å². The molecule has 0 unspecified atom stereocenters. The summed E-state index contributed by atoms with van der Waals surface area (Å²) in [5.74, 6) is -4.37. The van der Waals surface area contributed by atoms with Crippen molar-refractivity contribution in [1.82, 2.24) is 15.1 Å². The molecule has 0 saturated heterocycles. The molecule has 5 aromatic rings. The Morgan fingerprint density at radius 1 is 0.976 bits per heavy atom. The van der Waals surface area contributed by atoms with Gasteiger partial charge in [-0.3, -0.25) is 9.97 Å². The standard InChI is InChI=1S/C24H16F2N4O4S.C2HF3O2/c1-33-23-11-21(26)20(17-8-18(25)14-28-13-17)10-22(23)30(24-5-7-34-29-24)35(31,32)19-3-2-16-12-27-6-4-15(16)9-19;3-2(4,5)1(6)7/h2-14H,1H3;(H,6,7). The van der Waals surface area contributed by atoms with Crippen LogP contribution in [0.4, 0.5) is 33.5 Å². The largest absolute Gasteiger partial charge is 0.494 e. The maximum Gasteiger partial charge on any atom is 0.490 e. The van der Waals surface area contributed by atoms with E-state index in [2.05, 4.69) is 15.1 Å². The van der Waals surface area contributed by atoms with E-state index in [4.69, 9.17) is 19.2 Å². The Bertz CT molecular complexity index is 1850. The summed E-state index contributed by atoms with van der Waals surface area (Å²) in [7, 11) is -3.05. The number of anilines is 2. The van der Waals surface area contributed by atoms with Crippen LogP contribution in [0.25, 0.3) is 21.9 Å². The molecule has 1 N–H and O–H groups in total. The lowest BCUT2D eigenvalue weighted by atomic mass is 10.1. The third kappa shape index (κ3) is 6.27. The normalized spacial score (nSPS) is 11.5. The predicted molar refractivity (Wildman–Crippen MR) is 137 cm³/mol. The lowest BCUT2D eigenvalue weighted by Gasteiger charge is -2.24. The highest BCUT2D eigenvalue weighted by molar-refractivity contribution is 7.93. The molecule has 0 radical (unpaired) electrons. The first-order chi connectivity index (χ1) is 19.8. The second-order valence-corrected chi connectivity index (χ2v) is 10.00. The van der Waals surface area contributed by atoms with Crippen LogP contribution in [0, 0.1) is 11.6 Å². The monoisotopic (exact) mass is 608 g/mol. The molecular formula is C26H17F5N4O6S. The Morgan fingerprint density at radius 2 is 1.71 bits per heavy atom. The summed E-state index contributed by atoms with van der Waals surface area (Å²) in [5, 5.41) is 12.3. The maximum atomic E-state index is 15.0. The molecule has 0 bridgehead atoms. The van der Waals surface area contributed by atoms with Crippen molar-refractivity contribution in [2.45, 2.75) is 11.1 Å². The average Bonchev–Trinajstić information content (AvgIpc) is 3.47. The molecule has 0 fully saturated rings. The lowest BCUT2D eigenvalue weighted by molar-refractivity contribution is -0.192. The minimum atomic E-state index is -5.08. The van der Waals surface area contributed by atoms with Crippen LogP contribution >= 0.6 is 0 Å². The van der Waals surface area contributed by atoms with Gasteiger partial charge >= 0.3 is 12.1 Å². The number of pyridine rings is 2. The first-order valence-corrected chi connectivity index (χ1v) is 12.8. The van der Waals surface area contributed by atoms with E-state index in [9.17, 15) is 30.4 Å². The zero-order chi connectivity index (χ0) is 30.7. The van der Waals surface area contributed by atoms with Gasteiger partial charge in [0.05, 0.1) is 18.2 Å². The molecule has 0 saturated carbocycles. The Hall–Kier alpha value is -5.12. The first kappa shape index (κ1) is 29.9. The topological polar surface area (TPSA) is 136 Å². The fourth-order valence-corrected chi connectivity index (χ4v) is 5.13. The predicted octanol–water partition coefficient (Wildman–Crippen LogP) is 5.73. The van der Waals surface area contributed by atoms with Crippen molar-refractivity contribution in [2.75, 3.05) is 11.4 Å². The Kier molecular flexibility index (Phi) is 8.37. The van der Waals surface area contributed by atoms with E-state index in [0.29, 0.717) is 5.39 Å². The van der Waals surface area contributed by atoms with E-state index >= 15 is 0 Å². The molecule has 218 valence electrons. The molecule has 2 aromatic carbocycles. The third-order valence-electron chi connectivity index (χ3n) is 5.53. The van der Waals surface area contributed by atoms with Crippen molar-refractivity contribution in [1.29, 1.82) is 0 Å². The number of carboxylic acid groups (broad SMARTS) is 1. The van der Waals surface area contributed by atoms with Crippen LogP contribution in [0.5, 0.6) is 5.75 Å². The number of sulfonamides is 1. The van der Waals surface area contributed by atoms with Gasteiger partial charge < -0.3 is 14.4 Å². The molecule has 0 atom stereocenters. The molecule has 0 aliphatic rings. The van der Waals surface area contributed by atoms with Crippen molar-refractivity contribution >= 4 is 38.3 Å². The van der Waals surface area contributed by atoms with Crippen LogP contribution < -0.4 is 9.04 Å². The van der Waals surface area contributed by atoms with Crippen LogP contribution in [0.2, 0.25) is 0 Å². The van der Waals surface area contributed by atoms with Crippen LogP contribution in [-0.2, 0) is 14.8 Å². The number of hydrogen-bond acceptors (Lipinski definition) is 8. The van der Waals surface area contributed by atoms with Crippen LogP contribution in [0.1, 0.15) is 0 Å². The molecule has 10 nitrogen and oxygen atoms in total. The fourth-order valence-electron chi connectivity index (χ4n) is 3.66. The number of carboxylic acids is 1. The smallest absolute Gasteiger partial charge is 0.490 e. The van der Waals surface area contributed by atoms with Gasteiger partial charge in [-0.15, -0.1) is 0 Å². The number of alkyl halides is 3. The number of ether oxygens (including phenoxy) is 1. The summed E-state index contributed by atoms with van der Waals surface area (Å²) in [5.41, 5.74) is -0.0277. The van der Waals surface area contributed by atoms with Crippen LogP contribution in [0.3, 0.4) is 0 Å². The number of carbonyl (C=O) groups is 1. The molecule has 5 rings (SSSR count). The van der Waals surface area contributed by atoms with Gasteiger partial charge in [-0.1, -0.05) is 11.2 Å². The highest BCUT2D eigenvalue weighted by atomic mass is 32.2. The number of aromatic nitrogens is 3. The minimum absolute atomic E-state index is 0.0560. The molecule has 3 heterocycles. The SMILES string of the molecule is COc1cc(F)c(-c2cncc(F)c2)cc1N(c1ccon1)S(=O)(=O)c1ccc2cnccc2c1.O=C(O)C(F)(F)F. The van der Waals surface area contributed by atoms with Gasteiger partial charge in [0.1, 0.15) is 29.3 Å². The number of methoxy groups -OCH3 is 1. The van der Waals surface area contributed by atoms with E-state index < -0.39 is 33.8 Å². The average molecular weight is 609 g/mol. The van der Waals surface area contributed by atoms with Gasteiger partial charge in [0.15, 0.2) is 5.82 Å². The highest BCUT2D eigenvalue weighted by Crippen LogP contribution is 2.41. The molecular weight excluding hydrogens is 591 g/mol. The first-order valence-electron chi connectivity index (χ1n) is 11.4. The Morgan fingerprint density at radius 3 is 2.33 bits per heavy atom. The summed E-state index contributed by atoms with van der Waals surface area (Å²) in [6.45, 7) is 0. The second kappa shape index (κ2) is 11.8. The van der Waals surface area contributed by atoms with Gasteiger partial charge in [-0.25, -0.2) is 26.3 Å². The van der Waals surface area contributed by atoms with E-state index in [0.717, 1.165) is 28.0 Å². The highest BCUT2D eigenvalue weighted by Gasteiger charge is 2.38. The van der Waals surface area contributed by atoms with Crippen molar-refractivity contribution < 1.29 is 49.5 Å². The number of fused-ring (bicyclic) bond motifs is 1. The molecule has 0 spiro atoms. The fraction of sp³-hybridized carbons (Fsp3) is 0.0769. The minimum Gasteiger partial charge on any atom is -0.494 e. The van der Waals surface area contributed by atoms with Crippen molar-refractivity contribution in [3.8, 4) is 16.9 Å². The van der Waals surface area contributed by atoms with Crippen molar-refractivity contribution in [3.63, 3.8) is 0 Å². The van der Waals surface area contributed by atoms with Crippen molar-refractivity contribution in [2.24, 2.45) is 0 Å². The van der Waals surface area contributed by atoms with E-state index in [1.807, 2.05) is 0 Å². The Labute approximate surface area is 233 Å². The van der Waals surface area contributed by atoms with E-state index in [-0.39, 0.29) is 33.3 Å². The zero-order valence-corrected chi connectivity index (χ0v) is 21.9.